The lowest BCUT2D eigenvalue weighted by atomic mass is 10.1. The van der Waals surface area contributed by atoms with Gasteiger partial charge in [0.05, 0.1) is 23.6 Å². The van der Waals surface area contributed by atoms with Crippen molar-refractivity contribution in [1.82, 2.24) is 0 Å². The smallest absolute Gasteiger partial charge is 0.280 e. The zero-order chi connectivity index (χ0) is 20.1. The summed E-state index contributed by atoms with van der Waals surface area (Å²) in [6, 6.07) is 14.5. The average molecular weight is 379 g/mol. The maximum Gasteiger partial charge on any atom is 0.280 e. The van der Waals surface area contributed by atoms with E-state index >= 15 is 0 Å². The predicted octanol–water partition coefficient (Wildman–Crippen LogP) is 2.76. The van der Waals surface area contributed by atoms with Gasteiger partial charge >= 0.3 is 0 Å². The van der Waals surface area contributed by atoms with Crippen LogP contribution in [-0.2, 0) is 9.59 Å². The van der Waals surface area contributed by atoms with Crippen LogP contribution in [0, 0.1) is 0 Å². The van der Waals surface area contributed by atoms with Crippen molar-refractivity contribution >= 4 is 29.3 Å². The van der Waals surface area contributed by atoms with Crippen LogP contribution in [0.5, 0.6) is 11.5 Å². The molecule has 0 spiro atoms. The van der Waals surface area contributed by atoms with E-state index in [1.807, 2.05) is 37.3 Å². The van der Waals surface area contributed by atoms with Gasteiger partial charge in [0, 0.05) is 0 Å². The van der Waals surface area contributed by atoms with Crippen LogP contribution in [0.2, 0.25) is 0 Å². The van der Waals surface area contributed by atoms with Gasteiger partial charge in [-0.1, -0.05) is 24.3 Å². The van der Waals surface area contributed by atoms with Crippen LogP contribution in [0.15, 0.2) is 59.2 Å². The van der Waals surface area contributed by atoms with Gasteiger partial charge in [-0.05, 0) is 49.8 Å². The fourth-order valence-corrected chi connectivity index (χ4v) is 2.75. The molecule has 1 heterocycles. The van der Waals surface area contributed by atoms with Crippen LogP contribution in [0.25, 0.3) is 6.08 Å². The van der Waals surface area contributed by atoms with E-state index in [0.717, 1.165) is 5.56 Å². The Kier molecular flexibility index (Phi) is 5.74. The molecule has 0 saturated carbocycles. The number of carbonyl (C=O) groups excluding carboxylic acids is 2. The van der Waals surface area contributed by atoms with E-state index in [2.05, 4.69) is 5.10 Å². The molecule has 0 saturated heterocycles. The Balaban J connectivity index is 1.88. The van der Waals surface area contributed by atoms with Crippen molar-refractivity contribution in [3.63, 3.8) is 0 Å². The number of hydrogen-bond acceptors (Lipinski definition) is 5. The summed E-state index contributed by atoms with van der Waals surface area (Å²) in [7, 11) is 0. The molecule has 0 unspecified atom stereocenters. The van der Waals surface area contributed by atoms with E-state index in [1.165, 1.54) is 5.01 Å². The third kappa shape index (κ3) is 4.20. The molecule has 0 aromatic heterocycles. The molecule has 2 aromatic carbocycles. The van der Waals surface area contributed by atoms with Gasteiger partial charge in [0.1, 0.15) is 0 Å². The molecule has 3 rings (SSSR count). The highest BCUT2D eigenvalue weighted by molar-refractivity contribution is 6.32. The summed E-state index contributed by atoms with van der Waals surface area (Å²) in [5, 5.41) is 5.75. The van der Waals surface area contributed by atoms with Crippen molar-refractivity contribution in [2.75, 3.05) is 18.2 Å². The molecule has 2 N–H and O–H groups in total. The Hall–Kier alpha value is -3.61. The van der Waals surface area contributed by atoms with Gasteiger partial charge in [0.15, 0.2) is 18.1 Å². The van der Waals surface area contributed by atoms with Crippen LogP contribution in [0.3, 0.4) is 0 Å². The van der Waals surface area contributed by atoms with E-state index in [4.69, 9.17) is 15.2 Å². The Morgan fingerprint density at radius 1 is 1.14 bits per heavy atom. The molecule has 2 amide bonds. The standard InChI is InChI=1S/C21H21N3O4/c1-3-27-19-12-15(9-10-18(19)28-13-20(22)25)11-17-14(2)23-24(21(17)26)16-7-5-4-6-8-16/h4-12H,3,13H2,1-2H3,(H2,22,25)/b17-11+. The van der Waals surface area contributed by atoms with E-state index in [-0.39, 0.29) is 12.5 Å². The minimum atomic E-state index is -0.571. The molecule has 0 fully saturated rings. The summed E-state index contributed by atoms with van der Waals surface area (Å²) in [4.78, 5) is 23.8. The molecule has 1 aliphatic rings. The maximum atomic E-state index is 12.8. The second-order valence-electron chi connectivity index (χ2n) is 6.09. The van der Waals surface area contributed by atoms with Crippen molar-refractivity contribution in [2.45, 2.75) is 13.8 Å². The average Bonchev–Trinajstić information content (AvgIpc) is 2.96. The minimum Gasteiger partial charge on any atom is -0.490 e. The fraction of sp³-hybridized carbons (Fsp3) is 0.190. The Morgan fingerprint density at radius 2 is 1.89 bits per heavy atom. The zero-order valence-corrected chi connectivity index (χ0v) is 15.7. The van der Waals surface area contributed by atoms with Gasteiger partial charge < -0.3 is 15.2 Å². The normalized spacial score (nSPS) is 14.9. The van der Waals surface area contributed by atoms with Gasteiger partial charge in [-0.15, -0.1) is 0 Å². The van der Waals surface area contributed by atoms with E-state index < -0.39 is 5.91 Å². The highest BCUT2D eigenvalue weighted by Crippen LogP contribution is 2.31. The molecule has 0 aliphatic carbocycles. The molecule has 0 bridgehead atoms. The number of rotatable bonds is 7. The number of hydrogen-bond donors (Lipinski definition) is 1. The Labute approximate surface area is 163 Å². The number of benzene rings is 2. The van der Waals surface area contributed by atoms with Crippen molar-refractivity contribution in [3.8, 4) is 11.5 Å². The first kappa shape index (κ1) is 19.2. The van der Waals surface area contributed by atoms with Crippen LogP contribution in [-0.4, -0.2) is 30.7 Å². The van der Waals surface area contributed by atoms with Crippen LogP contribution in [0.4, 0.5) is 5.69 Å². The second-order valence-corrected chi connectivity index (χ2v) is 6.09. The molecule has 7 heteroatoms. The van der Waals surface area contributed by atoms with E-state index in [1.54, 1.807) is 31.2 Å². The van der Waals surface area contributed by atoms with Crippen molar-refractivity contribution in [1.29, 1.82) is 0 Å². The Bertz CT molecular complexity index is 951. The highest BCUT2D eigenvalue weighted by Gasteiger charge is 2.28. The number of nitrogens with two attached hydrogens (primary N) is 1. The van der Waals surface area contributed by atoms with Gasteiger partial charge in [-0.2, -0.15) is 10.1 Å². The molecule has 28 heavy (non-hydrogen) atoms. The Morgan fingerprint density at radius 3 is 2.57 bits per heavy atom. The molecular weight excluding hydrogens is 358 g/mol. The van der Waals surface area contributed by atoms with Crippen molar-refractivity contribution in [3.05, 3.63) is 59.7 Å². The third-order valence-electron chi connectivity index (χ3n) is 4.01. The van der Waals surface area contributed by atoms with Gasteiger partial charge in [-0.25, -0.2) is 0 Å². The summed E-state index contributed by atoms with van der Waals surface area (Å²) in [5.74, 6) is 0.114. The largest absolute Gasteiger partial charge is 0.490 e. The summed E-state index contributed by atoms with van der Waals surface area (Å²) >= 11 is 0. The zero-order valence-electron chi connectivity index (χ0n) is 15.7. The minimum absolute atomic E-state index is 0.198. The van der Waals surface area contributed by atoms with Gasteiger partial charge in [-0.3, -0.25) is 9.59 Å². The lowest BCUT2D eigenvalue weighted by Gasteiger charge is -2.12. The number of hydrazone groups is 1. The SMILES string of the molecule is CCOc1cc(/C=C2/C(=O)N(c3ccccc3)N=C2C)ccc1OCC(N)=O. The summed E-state index contributed by atoms with van der Waals surface area (Å²) in [6.45, 7) is 3.82. The molecule has 0 radical (unpaired) electrons. The molecule has 2 aromatic rings. The summed E-state index contributed by atoms with van der Waals surface area (Å²) in [5.41, 5.74) is 7.71. The highest BCUT2D eigenvalue weighted by atomic mass is 16.5. The molecule has 0 atom stereocenters. The maximum absolute atomic E-state index is 12.8. The first-order chi connectivity index (χ1) is 13.5. The predicted molar refractivity (Wildman–Crippen MR) is 107 cm³/mol. The lowest BCUT2D eigenvalue weighted by molar-refractivity contribution is -0.120. The van der Waals surface area contributed by atoms with Crippen LogP contribution < -0.4 is 20.2 Å². The number of anilines is 1. The molecular formula is C21H21N3O4. The second kappa shape index (κ2) is 8.39. The van der Waals surface area contributed by atoms with Gasteiger partial charge in [0.2, 0.25) is 0 Å². The fourth-order valence-electron chi connectivity index (χ4n) is 2.75. The van der Waals surface area contributed by atoms with Gasteiger partial charge in [0.25, 0.3) is 11.8 Å². The quantitative estimate of drug-likeness (QED) is 0.749. The third-order valence-corrected chi connectivity index (χ3v) is 4.01. The number of para-hydroxylation sites is 1. The van der Waals surface area contributed by atoms with Crippen LogP contribution in [0.1, 0.15) is 19.4 Å². The molecule has 7 nitrogen and oxygen atoms in total. The first-order valence-corrected chi connectivity index (χ1v) is 8.84. The summed E-state index contributed by atoms with van der Waals surface area (Å²) in [6.07, 6.45) is 1.75. The number of primary amides is 1. The number of nitrogens with zero attached hydrogens (tertiary/aromatic N) is 2. The van der Waals surface area contributed by atoms with E-state index in [9.17, 15) is 9.59 Å². The lowest BCUT2D eigenvalue weighted by Crippen LogP contribution is -2.21. The summed E-state index contributed by atoms with van der Waals surface area (Å²) < 4.78 is 11.0. The van der Waals surface area contributed by atoms with Crippen molar-refractivity contribution < 1.29 is 19.1 Å². The number of amides is 2. The topological polar surface area (TPSA) is 94.2 Å². The first-order valence-electron chi connectivity index (χ1n) is 8.84. The molecule has 1 aliphatic heterocycles. The molecule has 144 valence electrons. The monoisotopic (exact) mass is 379 g/mol. The number of ether oxygens (including phenoxy) is 2. The van der Waals surface area contributed by atoms with Crippen LogP contribution >= 0.6 is 0 Å². The number of carbonyl (C=O) groups is 2. The van der Waals surface area contributed by atoms with Crippen molar-refractivity contribution in [2.24, 2.45) is 10.8 Å². The van der Waals surface area contributed by atoms with E-state index in [0.29, 0.717) is 35.1 Å².